The lowest BCUT2D eigenvalue weighted by Gasteiger charge is -2.36. The van der Waals surface area contributed by atoms with Crippen molar-refractivity contribution in [3.63, 3.8) is 0 Å². The second kappa shape index (κ2) is 5.74. The van der Waals surface area contributed by atoms with Crippen LogP contribution in [0, 0.1) is 17.8 Å². The van der Waals surface area contributed by atoms with Gasteiger partial charge in [-0.3, -0.25) is 9.59 Å². The summed E-state index contributed by atoms with van der Waals surface area (Å²) < 4.78 is 0. The van der Waals surface area contributed by atoms with Crippen molar-refractivity contribution in [1.29, 1.82) is 0 Å². The monoisotopic (exact) mass is 279 g/mol. The van der Waals surface area contributed by atoms with Crippen LogP contribution in [0.4, 0.5) is 0 Å². The Morgan fingerprint density at radius 3 is 2.55 bits per heavy atom. The van der Waals surface area contributed by atoms with Gasteiger partial charge in [-0.1, -0.05) is 6.42 Å². The normalized spacial score (nSPS) is 36.3. The molecule has 0 aromatic heterocycles. The van der Waals surface area contributed by atoms with E-state index >= 15 is 0 Å². The van der Waals surface area contributed by atoms with E-state index in [2.05, 4.69) is 0 Å². The second-order valence-electron chi connectivity index (χ2n) is 6.97. The van der Waals surface area contributed by atoms with Gasteiger partial charge in [0.05, 0.1) is 6.42 Å². The van der Waals surface area contributed by atoms with Crippen molar-refractivity contribution in [3.05, 3.63) is 0 Å². The molecule has 1 aliphatic heterocycles. The van der Waals surface area contributed by atoms with E-state index in [-0.39, 0.29) is 18.4 Å². The van der Waals surface area contributed by atoms with Gasteiger partial charge in [0, 0.05) is 19.0 Å². The zero-order valence-corrected chi connectivity index (χ0v) is 12.1. The molecule has 3 fully saturated rings. The van der Waals surface area contributed by atoms with Gasteiger partial charge in [0.2, 0.25) is 5.91 Å². The molecule has 3 aliphatic rings. The molecule has 0 radical (unpaired) electrons. The van der Waals surface area contributed by atoms with Gasteiger partial charge in [-0.15, -0.1) is 0 Å². The molecule has 1 saturated heterocycles. The predicted octanol–water partition coefficient (Wildman–Crippen LogP) is 2.67. The Hall–Kier alpha value is -1.06. The Labute approximate surface area is 120 Å². The molecule has 0 aromatic carbocycles. The highest BCUT2D eigenvalue weighted by Gasteiger charge is 2.41. The van der Waals surface area contributed by atoms with E-state index in [1.54, 1.807) is 0 Å². The first kappa shape index (κ1) is 13.9. The molecular weight excluding hydrogens is 254 g/mol. The van der Waals surface area contributed by atoms with Crippen molar-refractivity contribution in [2.45, 2.75) is 63.8 Å². The highest BCUT2D eigenvalue weighted by atomic mass is 16.4. The average molecular weight is 279 g/mol. The van der Waals surface area contributed by atoms with E-state index < -0.39 is 5.97 Å². The first-order chi connectivity index (χ1) is 9.63. The predicted molar refractivity (Wildman–Crippen MR) is 75.2 cm³/mol. The van der Waals surface area contributed by atoms with Crippen molar-refractivity contribution >= 4 is 11.9 Å². The van der Waals surface area contributed by atoms with E-state index in [0.29, 0.717) is 12.3 Å². The lowest BCUT2D eigenvalue weighted by Crippen LogP contribution is -2.45. The maximum atomic E-state index is 12.6. The van der Waals surface area contributed by atoms with Gasteiger partial charge in [-0.25, -0.2) is 0 Å². The topological polar surface area (TPSA) is 57.6 Å². The van der Waals surface area contributed by atoms with Crippen molar-refractivity contribution in [2.24, 2.45) is 17.8 Å². The fraction of sp³-hybridized carbons (Fsp3) is 0.875. The summed E-state index contributed by atoms with van der Waals surface area (Å²) in [5.74, 6) is 1.65. The lowest BCUT2D eigenvalue weighted by molar-refractivity contribution is -0.142. The van der Waals surface area contributed by atoms with E-state index in [1.165, 1.54) is 25.7 Å². The number of fused-ring (bicyclic) bond motifs is 2. The van der Waals surface area contributed by atoms with Crippen LogP contribution in [0.15, 0.2) is 0 Å². The highest BCUT2D eigenvalue weighted by Crippen LogP contribution is 2.49. The summed E-state index contributed by atoms with van der Waals surface area (Å²) in [6.07, 6.45) is 8.94. The van der Waals surface area contributed by atoms with E-state index in [0.717, 1.165) is 37.6 Å². The number of hydrogen-bond acceptors (Lipinski definition) is 2. The first-order valence-electron chi connectivity index (χ1n) is 8.14. The molecule has 1 amide bonds. The third kappa shape index (κ3) is 2.84. The smallest absolute Gasteiger partial charge is 0.305 e. The Balaban J connectivity index is 1.58. The number of nitrogens with zero attached hydrogens (tertiary/aromatic N) is 1. The van der Waals surface area contributed by atoms with Crippen LogP contribution < -0.4 is 0 Å². The van der Waals surface area contributed by atoms with Crippen LogP contribution in [0.1, 0.15) is 57.8 Å². The number of likely N-dealkylation sites (tertiary alicyclic amines) is 1. The standard InChI is InChI=1S/C16H25NO3/c18-15(9-13-8-11-4-5-12(13)7-11)17-6-2-1-3-14(17)10-16(19)20/h11-14H,1-10H2,(H,19,20). The molecule has 4 heteroatoms. The molecule has 3 rings (SSSR count). The zero-order valence-electron chi connectivity index (χ0n) is 12.1. The van der Waals surface area contributed by atoms with E-state index in [9.17, 15) is 9.59 Å². The van der Waals surface area contributed by atoms with Crippen LogP contribution in [0.3, 0.4) is 0 Å². The van der Waals surface area contributed by atoms with Crippen LogP contribution in [0.2, 0.25) is 0 Å². The minimum Gasteiger partial charge on any atom is -0.481 e. The summed E-state index contributed by atoms with van der Waals surface area (Å²) >= 11 is 0. The number of amides is 1. The van der Waals surface area contributed by atoms with Crippen molar-refractivity contribution in [1.82, 2.24) is 4.90 Å². The van der Waals surface area contributed by atoms with Gasteiger partial charge >= 0.3 is 5.97 Å². The second-order valence-corrected chi connectivity index (χ2v) is 6.97. The van der Waals surface area contributed by atoms with Crippen LogP contribution in [0.5, 0.6) is 0 Å². The summed E-state index contributed by atoms with van der Waals surface area (Å²) in [6, 6.07) is -0.0626. The maximum Gasteiger partial charge on any atom is 0.305 e. The van der Waals surface area contributed by atoms with Crippen LogP contribution in [-0.2, 0) is 9.59 Å². The highest BCUT2D eigenvalue weighted by molar-refractivity contribution is 5.78. The number of carboxylic acids is 1. The molecule has 4 atom stereocenters. The molecular formula is C16H25NO3. The molecule has 4 unspecified atom stereocenters. The van der Waals surface area contributed by atoms with Gasteiger partial charge in [-0.05, 0) is 56.3 Å². The minimum absolute atomic E-state index is 0.0626. The third-order valence-electron chi connectivity index (χ3n) is 5.68. The molecule has 0 spiro atoms. The van der Waals surface area contributed by atoms with E-state index in [4.69, 9.17) is 5.11 Å². The maximum absolute atomic E-state index is 12.6. The molecule has 20 heavy (non-hydrogen) atoms. The number of hydrogen-bond donors (Lipinski definition) is 1. The van der Waals surface area contributed by atoms with Crippen LogP contribution >= 0.6 is 0 Å². The zero-order chi connectivity index (χ0) is 14.1. The summed E-state index contributed by atoms with van der Waals surface area (Å²) in [5, 5.41) is 9.00. The van der Waals surface area contributed by atoms with Crippen LogP contribution in [-0.4, -0.2) is 34.5 Å². The summed E-state index contributed by atoms with van der Waals surface area (Å²) in [4.78, 5) is 25.4. The molecule has 4 nitrogen and oxygen atoms in total. The molecule has 1 N–H and O–H groups in total. The van der Waals surface area contributed by atoms with Crippen molar-refractivity contribution < 1.29 is 14.7 Å². The number of carbonyl (C=O) groups is 2. The number of carboxylic acid groups (broad SMARTS) is 1. The largest absolute Gasteiger partial charge is 0.481 e. The molecule has 2 aliphatic carbocycles. The third-order valence-corrected chi connectivity index (χ3v) is 5.68. The van der Waals surface area contributed by atoms with Crippen LogP contribution in [0.25, 0.3) is 0 Å². The molecule has 2 bridgehead atoms. The molecule has 1 heterocycles. The quantitative estimate of drug-likeness (QED) is 0.860. The number of piperidine rings is 1. The average Bonchev–Trinajstić information content (AvgIpc) is 3.00. The number of carbonyl (C=O) groups excluding carboxylic acids is 1. The Kier molecular flexibility index (Phi) is 3.99. The summed E-state index contributed by atoms with van der Waals surface area (Å²) in [5.41, 5.74) is 0. The van der Waals surface area contributed by atoms with Crippen molar-refractivity contribution in [2.75, 3.05) is 6.54 Å². The van der Waals surface area contributed by atoms with Crippen molar-refractivity contribution in [3.8, 4) is 0 Å². The minimum atomic E-state index is -0.783. The number of rotatable bonds is 4. The number of aliphatic carboxylic acids is 1. The van der Waals surface area contributed by atoms with Gasteiger partial charge in [0.15, 0.2) is 0 Å². The first-order valence-corrected chi connectivity index (χ1v) is 8.14. The SMILES string of the molecule is O=C(O)CC1CCCCN1C(=O)CC1CC2CCC1C2. The Morgan fingerprint density at radius 1 is 1.05 bits per heavy atom. The van der Waals surface area contributed by atoms with Gasteiger partial charge in [0.25, 0.3) is 0 Å². The van der Waals surface area contributed by atoms with E-state index in [1.807, 2.05) is 4.90 Å². The van der Waals surface area contributed by atoms with Gasteiger partial charge in [0.1, 0.15) is 0 Å². The molecule has 112 valence electrons. The van der Waals surface area contributed by atoms with Gasteiger partial charge in [-0.2, -0.15) is 0 Å². The molecule has 2 saturated carbocycles. The Morgan fingerprint density at radius 2 is 1.90 bits per heavy atom. The summed E-state index contributed by atoms with van der Waals surface area (Å²) in [7, 11) is 0. The Bertz CT molecular complexity index is 395. The fourth-order valence-electron chi connectivity index (χ4n) is 4.71. The molecule has 0 aromatic rings. The lowest BCUT2D eigenvalue weighted by atomic mass is 9.85. The summed E-state index contributed by atoms with van der Waals surface area (Å²) in [6.45, 7) is 0.762. The fourth-order valence-corrected chi connectivity index (χ4v) is 4.71. The van der Waals surface area contributed by atoms with Gasteiger partial charge < -0.3 is 10.0 Å².